The first kappa shape index (κ1) is 24.4. The summed E-state index contributed by atoms with van der Waals surface area (Å²) in [6.07, 6.45) is 3.92. The molecule has 3 fully saturated rings. The SMILES string of the molecule is CCOC(=O)[C@H]1CC[C@H](OC(C(=O)OC(C)(C)C)[C@@H]2CCCN2N2CC(CF)C2)CC1. The number of rotatable bonds is 8. The second-order valence-electron chi connectivity index (χ2n) is 10.1. The Hall–Kier alpha value is -1.25. The van der Waals surface area contributed by atoms with E-state index in [1.165, 1.54) is 0 Å². The number of ether oxygens (including phenoxy) is 3. The number of hydrogen-bond donors (Lipinski definition) is 0. The summed E-state index contributed by atoms with van der Waals surface area (Å²) < 4.78 is 30.2. The maximum Gasteiger partial charge on any atom is 0.337 e. The highest BCUT2D eigenvalue weighted by atomic mass is 19.1. The predicted molar refractivity (Wildman–Crippen MR) is 114 cm³/mol. The summed E-state index contributed by atoms with van der Waals surface area (Å²) >= 11 is 0. The molecule has 3 rings (SSSR count). The number of alkyl halides is 1. The van der Waals surface area contributed by atoms with E-state index in [0.717, 1.165) is 32.2 Å². The van der Waals surface area contributed by atoms with Gasteiger partial charge in [-0.2, -0.15) is 0 Å². The van der Waals surface area contributed by atoms with Crippen LogP contribution in [0.1, 0.15) is 66.2 Å². The van der Waals surface area contributed by atoms with E-state index >= 15 is 0 Å². The first-order valence-corrected chi connectivity index (χ1v) is 11.8. The molecule has 0 aromatic carbocycles. The second-order valence-corrected chi connectivity index (χ2v) is 10.1. The largest absolute Gasteiger partial charge is 0.466 e. The van der Waals surface area contributed by atoms with Crippen LogP contribution in [-0.2, 0) is 23.8 Å². The van der Waals surface area contributed by atoms with Crippen LogP contribution in [0.15, 0.2) is 0 Å². The van der Waals surface area contributed by atoms with Crippen LogP contribution in [0.25, 0.3) is 0 Å². The van der Waals surface area contributed by atoms with Crippen LogP contribution < -0.4 is 0 Å². The molecule has 0 N–H and O–H groups in total. The summed E-state index contributed by atoms with van der Waals surface area (Å²) in [6.45, 7) is 9.73. The van der Waals surface area contributed by atoms with Gasteiger partial charge in [-0.1, -0.05) is 0 Å². The monoisotopic (exact) mass is 442 g/mol. The Morgan fingerprint density at radius 3 is 2.35 bits per heavy atom. The van der Waals surface area contributed by atoms with Crippen molar-refractivity contribution in [1.29, 1.82) is 0 Å². The van der Waals surface area contributed by atoms with Gasteiger partial charge in [-0.3, -0.25) is 9.18 Å². The molecule has 7 nitrogen and oxygen atoms in total. The summed E-state index contributed by atoms with van der Waals surface area (Å²) in [6, 6.07) is -0.0989. The van der Waals surface area contributed by atoms with Gasteiger partial charge in [0.15, 0.2) is 6.10 Å². The Bertz CT molecular complexity index is 612. The van der Waals surface area contributed by atoms with Gasteiger partial charge in [-0.05, 0) is 66.2 Å². The van der Waals surface area contributed by atoms with Crippen molar-refractivity contribution >= 4 is 11.9 Å². The van der Waals surface area contributed by atoms with E-state index in [0.29, 0.717) is 32.5 Å². The average molecular weight is 443 g/mol. The quantitative estimate of drug-likeness (QED) is 0.535. The molecule has 31 heavy (non-hydrogen) atoms. The van der Waals surface area contributed by atoms with Crippen LogP contribution in [0.4, 0.5) is 4.39 Å². The van der Waals surface area contributed by atoms with Gasteiger partial charge >= 0.3 is 11.9 Å². The van der Waals surface area contributed by atoms with Crippen molar-refractivity contribution in [3.8, 4) is 0 Å². The van der Waals surface area contributed by atoms with Gasteiger partial charge in [0.1, 0.15) is 5.60 Å². The molecule has 1 aliphatic carbocycles. The van der Waals surface area contributed by atoms with E-state index in [4.69, 9.17) is 14.2 Å². The smallest absolute Gasteiger partial charge is 0.337 e. The maximum absolute atomic E-state index is 13.1. The molecular formula is C23H39FN2O5. The Kier molecular flexibility index (Phi) is 8.32. The molecule has 2 heterocycles. The zero-order valence-corrected chi connectivity index (χ0v) is 19.5. The highest BCUT2D eigenvalue weighted by Gasteiger charge is 2.45. The number of hydrazine groups is 1. The van der Waals surface area contributed by atoms with Crippen molar-refractivity contribution < 1.29 is 28.2 Å². The van der Waals surface area contributed by atoms with E-state index < -0.39 is 11.7 Å². The molecule has 0 bridgehead atoms. The number of carbonyl (C=O) groups is 2. The Morgan fingerprint density at radius 1 is 1.10 bits per heavy atom. The molecule has 2 aliphatic heterocycles. The highest BCUT2D eigenvalue weighted by molar-refractivity contribution is 5.76. The van der Waals surface area contributed by atoms with Gasteiger partial charge < -0.3 is 14.2 Å². The normalized spacial score (nSPS) is 29.4. The number of hydrogen-bond acceptors (Lipinski definition) is 7. The number of esters is 2. The Labute approximate surface area is 185 Å². The van der Waals surface area contributed by atoms with Crippen LogP contribution in [0, 0.1) is 11.8 Å². The van der Waals surface area contributed by atoms with Crippen molar-refractivity contribution in [2.75, 3.05) is 32.9 Å². The van der Waals surface area contributed by atoms with Gasteiger partial charge in [0, 0.05) is 25.6 Å². The summed E-state index contributed by atoms with van der Waals surface area (Å²) in [5.41, 5.74) is -0.597. The predicted octanol–water partition coefficient (Wildman–Crippen LogP) is 3.12. The van der Waals surface area contributed by atoms with E-state index in [1.807, 2.05) is 27.7 Å². The molecule has 2 atom stereocenters. The van der Waals surface area contributed by atoms with E-state index in [2.05, 4.69) is 10.0 Å². The van der Waals surface area contributed by atoms with Crippen LogP contribution in [-0.4, -0.2) is 78.7 Å². The molecule has 1 saturated carbocycles. The van der Waals surface area contributed by atoms with Gasteiger partial charge in [-0.25, -0.2) is 14.8 Å². The molecule has 8 heteroatoms. The zero-order valence-electron chi connectivity index (χ0n) is 19.5. The summed E-state index contributed by atoms with van der Waals surface area (Å²) in [5.74, 6) is -0.465. The maximum atomic E-state index is 13.1. The minimum Gasteiger partial charge on any atom is -0.466 e. The first-order chi connectivity index (χ1) is 14.7. The Balaban J connectivity index is 1.64. The molecule has 1 unspecified atom stereocenters. The first-order valence-electron chi connectivity index (χ1n) is 11.8. The highest BCUT2D eigenvalue weighted by Crippen LogP contribution is 2.33. The standard InChI is InChI=1S/C23H39FN2O5/c1-5-29-21(27)17-8-10-18(11-9-17)30-20(22(28)31-23(2,3)4)19-7-6-12-26(19)25-14-16(13-24)15-25/h16-20H,5-15H2,1-4H3/t17-,18-,19-,20?/m0/s1. The minimum atomic E-state index is -0.685. The van der Waals surface area contributed by atoms with Crippen molar-refractivity contribution in [3.63, 3.8) is 0 Å². The van der Waals surface area contributed by atoms with Gasteiger partial charge in [0.05, 0.1) is 31.3 Å². The molecule has 0 aromatic heterocycles. The molecule has 0 amide bonds. The third-order valence-corrected chi connectivity index (χ3v) is 6.41. The number of nitrogens with zero attached hydrogens (tertiary/aromatic N) is 2. The molecule has 2 saturated heterocycles. The fraction of sp³-hybridized carbons (Fsp3) is 0.913. The van der Waals surface area contributed by atoms with Crippen molar-refractivity contribution in [3.05, 3.63) is 0 Å². The Morgan fingerprint density at radius 2 is 1.77 bits per heavy atom. The molecule has 0 radical (unpaired) electrons. The topological polar surface area (TPSA) is 68.3 Å². The second kappa shape index (κ2) is 10.6. The van der Waals surface area contributed by atoms with Gasteiger partial charge in [0.25, 0.3) is 0 Å². The van der Waals surface area contributed by atoms with Crippen molar-refractivity contribution in [2.45, 2.75) is 90.1 Å². The van der Waals surface area contributed by atoms with Crippen molar-refractivity contribution in [1.82, 2.24) is 10.0 Å². The van der Waals surface area contributed by atoms with E-state index in [9.17, 15) is 14.0 Å². The fourth-order valence-electron chi connectivity index (χ4n) is 4.85. The molecule has 0 spiro atoms. The van der Waals surface area contributed by atoms with E-state index in [-0.39, 0.29) is 42.6 Å². The van der Waals surface area contributed by atoms with Crippen LogP contribution >= 0.6 is 0 Å². The van der Waals surface area contributed by atoms with Gasteiger partial charge in [-0.15, -0.1) is 0 Å². The molecule has 0 aromatic rings. The third kappa shape index (κ3) is 6.39. The summed E-state index contributed by atoms with van der Waals surface area (Å²) in [7, 11) is 0. The summed E-state index contributed by atoms with van der Waals surface area (Å²) in [5, 5.41) is 4.35. The molecular weight excluding hydrogens is 403 g/mol. The third-order valence-electron chi connectivity index (χ3n) is 6.41. The number of carbonyl (C=O) groups excluding carboxylic acids is 2. The molecule has 3 aliphatic rings. The lowest BCUT2D eigenvalue weighted by atomic mass is 9.87. The zero-order chi connectivity index (χ0) is 22.6. The fourth-order valence-corrected chi connectivity index (χ4v) is 4.85. The lowest BCUT2D eigenvalue weighted by Crippen LogP contribution is -2.61. The average Bonchev–Trinajstić information content (AvgIpc) is 3.13. The van der Waals surface area contributed by atoms with Crippen LogP contribution in [0.2, 0.25) is 0 Å². The van der Waals surface area contributed by atoms with Crippen LogP contribution in [0.3, 0.4) is 0 Å². The lowest BCUT2D eigenvalue weighted by molar-refractivity contribution is -0.194. The van der Waals surface area contributed by atoms with Gasteiger partial charge in [0.2, 0.25) is 0 Å². The van der Waals surface area contributed by atoms with E-state index in [1.54, 1.807) is 0 Å². The lowest BCUT2D eigenvalue weighted by Gasteiger charge is -2.47. The van der Waals surface area contributed by atoms with Crippen molar-refractivity contribution in [2.24, 2.45) is 11.8 Å². The summed E-state index contributed by atoms with van der Waals surface area (Å²) in [4.78, 5) is 25.2. The molecule has 178 valence electrons. The van der Waals surface area contributed by atoms with Crippen LogP contribution in [0.5, 0.6) is 0 Å². The minimum absolute atomic E-state index is 0.0820. The number of halogens is 1.